The molecule has 4 aromatic rings. The number of rotatable bonds is 3. The van der Waals surface area contributed by atoms with Crippen molar-refractivity contribution < 1.29 is 18.3 Å². The normalized spacial score (nSPS) is 10.9. The number of fused-ring (bicyclic) bond motifs is 1. The van der Waals surface area contributed by atoms with Gasteiger partial charge in [-0.05, 0) is 53.1 Å². The second kappa shape index (κ2) is 6.68. The molecule has 134 valence electrons. The lowest BCUT2D eigenvalue weighted by Crippen LogP contribution is -2.03. The number of carbonyl (C=O) groups is 1. The van der Waals surface area contributed by atoms with Crippen molar-refractivity contribution in [2.24, 2.45) is 0 Å². The Kier molecular flexibility index (Phi) is 4.20. The van der Waals surface area contributed by atoms with E-state index in [0.717, 1.165) is 22.0 Å². The number of aromatic amines is 1. The fourth-order valence-corrected chi connectivity index (χ4v) is 3.19. The van der Waals surface area contributed by atoms with Crippen LogP contribution in [0.3, 0.4) is 0 Å². The number of carbonyl (C=O) groups excluding carboxylic acids is 1. The van der Waals surface area contributed by atoms with Gasteiger partial charge in [0.15, 0.2) is 0 Å². The highest BCUT2D eigenvalue weighted by atomic mass is 19.1. The van der Waals surface area contributed by atoms with Crippen LogP contribution in [0.15, 0.2) is 66.7 Å². The first-order valence-corrected chi connectivity index (χ1v) is 8.33. The molecule has 0 saturated carbocycles. The molecule has 0 spiro atoms. The Morgan fingerprint density at radius 1 is 0.815 bits per heavy atom. The fourth-order valence-electron chi connectivity index (χ4n) is 3.19. The van der Waals surface area contributed by atoms with Crippen molar-refractivity contribution in [2.45, 2.75) is 0 Å². The summed E-state index contributed by atoms with van der Waals surface area (Å²) in [6.07, 6.45) is 0. The van der Waals surface area contributed by atoms with Gasteiger partial charge in [0.05, 0.1) is 7.11 Å². The highest BCUT2D eigenvalue weighted by Gasteiger charge is 2.20. The van der Waals surface area contributed by atoms with Crippen LogP contribution in [0.4, 0.5) is 8.78 Å². The van der Waals surface area contributed by atoms with Gasteiger partial charge in [-0.25, -0.2) is 13.6 Å². The van der Waals surface area contributed by atoms with Crippen molar-refractivity contribution in [3.63, 3.8) is 0 Å². The first-order valence-electron chi connectivity index (χ1n) is 8.33. The Balaban J connectivity index is 1.96. The molecule has 0 atom stereocenters. The summed E-state index contributed by atoms with van der Waals surface area (Å²) in [5, 5.41) is 0.795. The lowest BCUT2D eigenvalue weighted by molar-refractivity contribution is 0.0596. The fraction of sp³-hybridized carbons (Fsp3) is 0.0455. The number of benzene rings is 3. The zero-order chi connectivity index (χ0) is 19.0. The smallest absolute Gasteiger partial charge is 0.355 e. The van der Waals surface area contributed by atoms with E-state index < -0.39 is 5.97 Å². The maximum absolute atomic E-state index is 13.4. The summed E-state index contributed by atoms with van der Waals surface area (Å²) < 4.78 is 31.5. The van der Waals surface area contributed by atoms with Gasteiger partial charge >= 0.3 is 5.97 Å². The molecule has 5 heteroatoms. The number of H-pyrrole nitrogens is 1. The lowest BCUT2D eigenvalue weighted by Gasteiger charge is -2.06. The molecule has 0 aliphatic rings. The van der Waals surface area contributed by atoms with Crippen LogP contribution in [0.1, 0.15) is 10.5 Å². The maximum Gasteiger partial charge on any atom is 0.355 e. The molecule has 0 saturated heterocycles. The Hall–Kier alpha value is -3.47. The summed E-state index contributed by atoms with van der Waals surface area (Å²) >= 11 is 0. The zero-order valence-corrected chi connectivity index (χ0v) is 14.4. The minimum Gasteiger partial charge on any atom is -0.464 e. The number of hydrogen-bond donors (Lipinski definition) is 1. The maximum atomic E-state index is 13.4. The third-order valence-corrected chi connectivity index (χ3v) is 4.50. The van der Waals surface area contributed by atoms with E-state index in [9.17, 15) is 13.6 Å². The molecule has 0 aliphatic heterocycles. The van der Waals surface area contributed by atoms with Crippen LogP contribution < -0.4 is 0 Å². The summed E-state index contributed by atoms with van der Waals surface area (Å²) in [7, 11) is 1.31. The molecule has 0 radical (unpaired) electrons. The highest BCUT2D eigenvalue weighted by Crippen LogP contribution is 2.35. The Morgan fingerprint density at radius 3 is 1.96 bits per heavy atom. The van der Waals surface area contributed by atoms with Gasteiger partial charge in [0.25, 0.3) is 0 Å². The van der Waals surface area contributed by atoms with E-state index in [-0.39, 0.29) is 11.6 Å². The van der Waals surface area contributed by atoms with Gasteiger partial charge in [0.1, 0.15) is 17.3 Å². The Bertz CT molecular complexity index is 1130. The number of nitrogens with one attached hydrogen (secondary N) is 1. The van der Waals surface area contributed by atoms with Crippen LogP contribution in [0, 0.1) is 11.6 Å². The molecule has 0 fully saturated rings. The van der Waals surface area contributed by atoms with Crippen LogP contribution in [-0.2, 0) is 4.74 Å². The standard InChI is InChI=1S/C22H15F2NO2/c1-27-22(26)21-20(14-4-9-17(24)10-5-14)18-12-15(6-11-19(18)25-21)13-2-7-16(23)8-3-13/h2-12,25H,1H3. The van der Waals surface area contributed by atoms with Crippen molar-refractivity contribution in [1.82, 2.24) is 4.98 Å². The number of esters is 1. The number of methoxy groups -OCH3 is 1. The molecule has 0 unspecified atom stereocenters. The second-order valence-corrected chi connectivity index (χ2v) is 6.14. The average molecular weight is 363 g/mol. The third-order valence-electron chi connectivity index (χ3n) is 4.50. The molecule has 1 aromatic heterocycles. The number of ether oxygens (including phenoxy) is 1. The SMILES string of the molecule is COC(=O)c1[nH]c2ccc(-c3ccc(F)cc3)cc2c1-c1ccc(F)cc1. The summed E-state index contributed by atoms with van der Waals surface area (Å²) in [5.74, 6) is -1.17. The van der Waals surface area contributed by atoms with Crippen LogP contribution in [0.5, 0.6) is 0 Å². The van der Waals surface area contributed by atoms with Crippen molar-refractivity contribution in [3.8, 4) is 22.3 Å². The van der Waals surface area contributed by atoms with Crippen molar-refractivity contribution >= 4 is 16.9 Å². The minimum absolute atomic E-state index is 0.301. The molecule has 3 nitrogen and oxygen atoms in total. The Morgan fingerprint density at radius 2 is 1.37 bits per heavy atom. The van der Waals surface area contributed by atoms with Gasteiger partial charge in [-0.15, -0.1) is 0 Å². The predicted octanol–water partition coefficient (Wildman–Crippen LogP) is 5.57. The molecule has 1 heterocycles. The third kappa shape index (κ3) is 3.08. The molecule has 1 N–H and O–H groups in total. The first-order chi connectivity index (χ1) is 13.1. The molecular weight excluding hydrogens is 348 g/mol. The van der Waals surface area contributed by atoms with Crippen molar-refractivity contribution in [2.75, 3.05) is 7.11 Å². The average Bonchev–Trinajstić information content (AvgIpc) is 3.07. The van der Waals surface area contributed by atoms with E-state index in [2.05, 4.69) is 4.98 Å². The summed E-state index contributed by atoms with van der Waals surface area (Å²) in [6, 6.07) is 17.8. The zero-order valence-electron chi connectivity index (χ0n) is 14.4. The van der Waals surface area contributed by atoms with Crippen LogP contribution >= 0.6 is 0 Å². The monoisotopic (exact) mass is 363 g/mol. The van der Waals surface area contributed by atoms with Gasteiger partial charge < -0.3 is 9.72 Å². The van der Waals surface area contributed by atoms with E-state index in [0.29, 0.717) is 16.8 Å². The molecule has 0 bridgehead atoms. The Labute approximate surface area is 154 Å². The van der Waals surface area contributed by atoms with E-state index in [4.69, 9.17) is 4.74 Å². The van der Waals surface area contributed by atoms with Crippen molar-refractivity contribution in [1.29, 1.82) is 0 Å². The molecular formula is C22H15F2NO2. The largest absolute Gasteiger partial charge is 0.464 e. The van der Waals surface area contributed by atoms with Crippen molar-refractivity contribution in [3.05, 3.63) is 84.1 Å². The van der Waals surface area contributed by atoms with E-state index in [1.165, 1.54) is 31.4 Å². The number of halogens is 2. The van der Waals surface area contributed by atoms with Crippen LogP contribution in [0.25, 0.3) is 33.2 Å². The van der Waals surface area contributed by atoms with Gasteiger partial charge in [-0.3, -0.25) is 0 Å². The molecule has 27 heavy (non-hydrogen) atoms. The predicted molar refractivity (Wildman–Crippen MR) is 100 cm³/mol. The minimum atomic E-state index is -0.506. The number of aromatic nitrogens is 1. The highest BCUT2D eigenvalue weighted by molar-refractivity contribution is 6.08. The number of hydrogen-bond acceptors (Lipinski definition) is 2. The topological polar surface area (TPSA) is 42.1 Å². The first kappa shape index (κ1) is 17.0. The van der Waals surface area contributed by atoms with Gasteiger partial charge in [0, 0.05) is 16.5 Å². The molecule has 3 aromatic carbocycles. The van der Waals surface area contributed by atoms with Crippen LogP contribution in [0.2, 0.25) is 0 Å². The lowest BCUT2D eigenvalue weighted by atomic mass is 9.98. The van der Waals surface area contributed by atoms with Gasteiger partial charge in [0.2, 0.25) is 0 Å². The van der Waals surface area contributed by atoms with Gasteiger partial charge in [-0.2, -0.15) is 0 Å². The van der Waals surface area contributed by atoms with E-state index in [1.54, 1.807) is 24.3 Å². The quantitative estimate of drug-likeness (QED) is 0.484. The molecule has 0 aliphatic carbocycles. The molecule has 0 amide bonds. The molecule has 4 rings (SSSR count). The summed E-state index contributed by atoms with van der Waals surface area (Å²) in [4.78, 5) is 15.4. The van der Waals surface area contributed by atoms with Crippen LogP contribution in [-0.4, -0.2) is 18.1 Å². The summed E-state index contributed by atoms with van der Waals surface area (Å²) in [6.45, 7) is 0. The van der Waals surface area contributed by atoms with Gasteiger partial charge in [-0.1, -0.05) is 30.3 Å². The van der Waals surface area contributed by atoms with E-state index >= 15 is 0 Å². The summed E-state index contributed by atoms with van der Waals surface area (Å²) in [5.41, 5.74) is 4.11. The second-order valence-electron chi connectivity index (χ2n) is 6.14. The van der Waals surface area contributed by atoms with E-state index in [1.807, 2.05) is 18.2 Å².